The minimum absolute atomic E-state index is 0.200. The number of anilines is 1. The van der Waals surface area contributed by atoms with Crippen molar-refractivity contribution in [1.29, 1.82) is 0 Å². The molecule has 17 heavy (non-hydrogen) atoms. The van der Waals surface area contributed by atoms with Gasteiger partial charge in [0, 0.05) is 12.2 Å². The van der Waals surface area contributed by atoms with Crippen molar-refractivity contribution in [3.05, 3.63) is 29.8 Å². The molecule has 0 bridgehead atoms. The standard InChI is InChI=1S/C11H14N2O4/c12-9-4-2-1-3-8(9)5-13(6-10(14)15)7-11(16)17/h1-4H,5-7,12H2,(H,14,15)(H,16,17). The second-order valence-corrected chi connectivity index (χ2v) is 3.63. The Morgan fingerprint density at radius 2 is 1.65 bits per heavy atom. The van der Waals surface area contributed by atoms with Crippen LogP contribution in [-0.2, 0) is 16.1 Å². The van der Waals surface area contributed by atoms with E-state index in [1.54, 1.807) is 24.3 Å². The maximum atomic E-state index is 10.6. The number of carbonyl (C=O) groups is 2. The van der Waals surface area contributed by atoms with Crippen LogP contribution in [0.2, 0.25) is 0 Å². The fourth-order valence-corrected chi connectivity index (χ4v) is 1.47. The van der Waals surface area contributed by atoms with Gasteiger partial charge in [0.05, 0.1) is 13.1 Å². The summed E-state index contributed by atoms with van der Waals surface area (Å²) in [5.41, 5.74) is 6.95. The Bertz CT molecular complexity index is 404. The molecular formula is C11H14N2O4. The van der Waals surface area contributed by atoms with E-state index in [-0.39, 0.29) is 19.6 Å². The van der Waals surface area contributed by atoms with Crippen molar-refractivity contribution in [2.45, 2.75) is 6.54 Å². The number of carboxylic acids is 2. The first-order valence-electron chi connectivity index (χ1n) is 4.98. The summed E-state index contributed by atoms with van der Waals surface area (Å²) in [5.74, 6) is -2.14. The molecule has 0 aliphatic carbocycles. The van der Waals surface area contributed by atoms with Crippen LogP contribution in [-0.4, -0.2) is 40.1 Å². The molecule has 0 amide bonds. The summed E-state index contributed by atoms with van der Waals surface area (Å²) in [6, 6.07) is 6.96. The van der Waals surface area contributed by atoms with Gasteiger partial charge in [-0.25, -0.2) is 0 Å². The van der Waals surface area contributed by atoms with Crippen LogP contribution in [0.1, 0.15) is 5.56 Å². The molecule has 0 unspecified atom stereocenters. The van der Waals surface area contributed by atoms with Gasteiger partial charge in [-0.1, -0.05) is 18.2 Å². The molecular weight excluding hydrogens is 224 g/mol. The average Bonchev–Trinajstić information content (AvgIpc) is 2.19. The van der Waals surface area contributed by atoms with E-state index >= 15 is 0 Å². The number of nitrogens with zero attached hydrogens (tertiary/aromatic N) is 1. The van der Waals surface area contributed by atoms with Crippen molar-refractivity contribution in [2.75, 3.05) is 18.8 Å². The van der Waals surface area contributed by atoms with E-state index in [0.717, 1.165) is 5.56 Å². The normalized spacial score (nSPS) is 10.4. The van der Waals surface area contributed by atoms with E-state index in [0.29, 0.717) is 5.69 Å². The van der Waals surface area contributed by atoms with E-state index in [1.807, 2.05) is 0 Å². The van der Waals surface area contributed by atoms with Crippen LogP contribution >= 0.6 is 0 Å². The monoisotopic (exact) mass is 238 g/mol. The van der Waals surface area contributed by atoms with Crippen LogP contribution in [0.5, 0.6) is 0 Å². The molecule has 0 saturated carbocycles. The van der Waals surface area contributed by atoms with E-state index in [9.17, 15) is 9.59 Å². The second-order valence-electron chi connectivity index (χ2n) is 3.63. The van der Waals surface area contributed by atoms with Crippen molar-refractivity contribution >= 4 is 17.6 Å². The Balaban J connectivity index is 2.75. The highest BCUT2D eigenvalue weighted by Gasteiger charge is 2.14. The zero-order valence-electron chi connectivity index (χ0n) is 9.17. The Kier molecular flexibility index (Phi) is 4.47. The Hall–Kier alpha value is -2.08. The quantitative estimate of drug-likeness (QED) is 0.613. The SMILES string of the molecule is Nc1ccccc1CN(CC(=O)O)CC(=O)O. The van der Waals surface area contributed by atoms with E-state index in [2.05, 4.69) is 0 Å². The summed E-state index contributed by atoms with van der Waals surface area (Å²) < 4.78 is 0. The molecule has 1 aromatic rings. The lowest BCUT2D eigenvalue weighted by atomic mass is 10.1. The van der Waals surface area contributed by atoms with Gasteiger partial charge in [-0.3, -0.25) is 14.5 Å². The van der Waals surface area contributed by atoms with Gasteiger partial charge < -0.3 is 15.9 Å². The van der Waals surface area contributed by atoms with Crippen LogP contribution in [0.3, 0.4) is 0 Å². The third kappa shape index (κ3) is 4.52. The van der Waals surface area contributed by atoms with Crippen molar-refractivity contribution in [2.24, 2.45) is 0 Å². The summed E-state index contributed by atoms with van der Waals surface area (Å²) in [4.78, 5) is 22.5. The number of carboxylic acid groups (broad SMARTS) is 2. The highest BCUT2D eigenvalue weighted by molar-refractivity contribution is 5.72. The van der Waals surface area contributed by atoms with Crippen LogP contribution in [0.15, 0.2) is 24.3 Å². The number of para-hydroxylation sites is 1. The van der Waals surface area contributed by atoms with Crippen molar-refractivity contribution in [3.63, 3.8) is 0 Å². The van der Waals surface area contributed by atoms with Gasteiger partial charge in [0.2, 0.25) is 0 Å². The molecule has 0 fully saturated rings. The molecule has 0 aliphatic heterocycles. The molecule has 0 atom stereocenters. The second kappa shape index (κ2) is 5.86. The van der Waals surface area contributed by atoms with E-state index < -0.39 is 11.9 Å². The maximum absolute atomic E-state index is 10.6. The molecule has 4 N–H and O–H groups in total. The highest BCUT2D eigenvalue weighted by Crippen LogP contribution is 2.13. The van der Waals surface area contributed by atoms with Gasteiger partial charge >= 0.3 is 11.9 Å². The molecule has 6 heteroatoms. The van der Waals surface area contributed by atoms with Crippen molar-refractivity contribution in [3.8, 4) is 0 Å². The predicted octanol–water partition coefficient (Wildman–Crippen LogP) is 0.240. The molecule has 0 radical (unpaired) electrons. The number of aliphatic carboxylic acids is 2. The van der Waals surface area contributed by atoms with Gasteiger partial charge in [0.25, 0.3) is 0 Å². The van der Waals surface area contributed by atoms with Gasteiger partial charge in [0.15, 0.2) is 0 Å². The average molecular weight is 238 g/mol. The lowest BCUT2D eigenvalue weighted by Gasteiger charge is -2.18. The minimum Gasteiger partial charge on any atom is -0.480 e. The smallest absolute Gasteiger partial charge is 0.317 e. The number of nitrogens with two attached hydrogens (primary N) is 1. The fourth-order valence-electron chi connectivity index (χ4n) is 1.47. The molecule has 0 spiro atoms. The number of hydrogen-bond acceptors (Lipinski definition) is 4. The molecule has 1 aromatic carbocycles. The fraction of sp³-hybridized carbons (Fsp3) is 0.273. The van der Waals surface area contributed by atoms with Crippen LogP contribution in [0.4, 0.5) is 5.69 Å². The van der Waals surface area contributed by atoms with Crippen LogP contribution in [0.25, 0.3) is 0 Å². The summed E-state index contributed by atoms with van der Waals surface area (Å²) in [7, 11) is 0. The molecule has 0 aromatic heterocycles. The third-order valence-electron chi connectivity index (χ3n) is 2.17. The first-order valence-corrected chi connectivity index (χ1v) is 4.98. The number of rotatable bonds is 6. The van der Waals surface area contributed by atoms with Gasteiger partial charge in [-0.2, -0.15) is 0 Å². The highest BCUT2D eigenvalue weighted by atomic mass is 16.4. The number of hydrogen-bond donors (Lipinski definition) is 3. The number of nitrogen functional groups attached to an aromatic ring is 1. The van der Waals surface area contributed by atoms with Gasteiger partial charge in [0.1, 0.15) is 0 Å². The summed E-state index contributed by atoms with van der Waals surface area (Å²) in [5, 5.41) is 17.4. The summed E-state index contributed by atoms with van der Waals surface area (Å²) >= 11 is 0. The van der Waals surface area contributed by atoms with Gasteiger partial charge in [-0.15, -0.1) is 0 Å². The number of benzene rings is 1. The lowest BCUT2D eigenvalue weighted by Crippen LogP contribution is -2.34. The third-order valence-corrected chi connectivity index (χ3v) is 2.17. The topological polar surface area (TPSA) is 104 Å². The molecule has 92 valence electrons. The molecule has 0 saturated heterocycles. The minimum atomic E-state index is -1.07. The Morgan fingerprint density at radius 3 is 2.12 bits per heavy atom. The maximum Gasteiger partial charge on any atom is 0.317 e. The molecule has 0 heterocycles. The first-order chi connectivity index (χ1) is 7.99. The zero-order chi connectivity index (χ0) is 12.8. The molecule has 6 nitrogen and oxygen atoms in total. The van der Waals surface area contributed by atoms with E-state index in [1.165, 1.54) is 4.90 Å². The molecule has 0 aliphatic rings. The van der Waals surface area contributed by atoms with Crippen LogP contribution in [0, 0.1) is 0 Å². The lowest BCUT2D eigenvalue weighted by molar-refractivity contribution is -0.142. The van der Waals surface area contributed by atoms with Crippen LogP contribution < -0.4 is 5.73 Å². The molecule has 1 rings (SSSR count). The van der Waals surface area contributed by atoms with E-state index in [4.69, 9.17) is 15.9 Å². The van der Waals surface area contributed by atoms with Crippen molar-refractivity contribution in [1.82, 2.24) is 4.90 Å². The predicted molar refractivity (Wildman–Crippen MR) is 61.4 cm³/mol. The summed E-state index contributed by atoms with van der Waals surface area (Å²) in [6.45, 7) is -0.466. The Morgan fingerprint density at radius 1 is 1.12 bits per heavy atom. The summed E-state index contributed by atoms with van der Waals surface area (Å²) in [6.07, 6.45) is 0. The first kappa shape index (κ1) is 13.0. The Labute approximate surface area is 98.3 Å². The largest absolute Gasteiger partial charge is 0.480 e. The zero-order valence-corrected chi connectivity index (χ0v) is 9.17. The van der Waals surface area contributed by atoms with Gasteiger partial charge in [-0.05, 0) is 11.6 Å². The van der Waals surface area contributed by atoms with Crippen molar-refractivity contribution < 1.29 is 19.8 Å².